The topological polar surface area (TPSA) is 604 Å². The molecule has 0 spiro atoms. The molecular formula is C60H120O30. The molecule has 0 bridgehead atoms. The van der Waals surface area contributed by atoms with Crippen molar-refractivity contribution in [2.75, 3.05) is 92.5 Å². The molecule has 540 valence electrons. The average Bonchev–Trinajstić information content (AvgIpc) is 0.657. The standard InChI is InChI=1S/C60H120O30/c1-2-3-4-5-6-7-8-9-10-54(11-39(75)25-61,12-40(76)26-62)56(15-43(79)29-65,16-44(80)30-66)58(19-47(83)33-69,20-48(84)34-70)60(23-51(87)37-73,24-52(88)38-74)59(21-49(85)35-71,22-50(86)36-72)57(17-45(81)31-67,18-46(82)32-68)55(53(89)90,13-41(77)27-63)14-42(78)28-64/h39-52,61-88H,2-38H2,1H3,(H,89,90). The minimum Gasteiger partial charge on any atom is -0.481 e. The molecule has 0 rings (SSSR count). The third-order valence-corrected chi connectivity index (χ3v) is 19.7. The van der Waals surface area contributed by atoms with Crippen molar-refractivity contribution in [1.82, 2.24) is 0 Å². The van der Waals surface area contributed by atoms with E-state index in [0.29, 0.717) is 12.8 Å². The van der Waals surface area contributed by atoms with E-state index in [0.717, 1.165) is 25.7 Å². The predicted molar refractivity (Wildman–Crippen MR) is 320 cm³/mol. The molecule has 0 amide bonds. The van der Waals surface area contributed by atoms with Gasteiger partial charge in [-0.25, -0.2) is 0 Å². The lowest BCUT2D eigenvalue weighted by Crippen LogP contribution is -2.76. The Hall–Kier alpha value is -1.65. The summed E-state index contributed by atoms with van der Waals surface area (Å²) < 4.78 is 0. The van der Waals surface area contributed by atoms with Crippen LogP contribution in [0.3, 0.4) is 0 Å². The monoisotopic (exact) mass is 1320 g/mol. The molecular weight excluding hydrogens is 1200 g/mol. The van der Waals surface area contributed by atoms with Crippen molar-refractivity contribution >= 4 is 5.97 Å². The van der Waals surface area contributed by atoms with E-state index in [1.165, 1.54) is 0 Å². The van der Waals surface area contributed by atoms with Gasteiger partial charge in [-0.2, -0.15) is 0 Å². The van der Waals surface area contributed by atoms with Crippen LogP contribution in [0.15, 0.2) is 0 Å². The maximum Gasteiger partial charge on any atom is 0.310 e. The van der Waals surface area contributed by atoms with Gasteiger partial charge >= 0.3 is 5.97 Å². The second-order valence-corrected chi connectivity index (χ2v) is 25.9. The molecule has 30 nitrogen and oxygen atoms in total. The molecule has 0 aliphatic heterocycles. The van der Waals surface area contributed by atoms with Crippen molar-refractivity contribution in [3.63, 3.8) is 0 Å². The summed E-state index contributed by atoms with van der Waals surface area (Å²) in [5.41, 5.74) is -22.9. The smallest absolute Gasteiger partial charge is 0.310 e. The Labute approximate surface area is 527 Å². The van der Waals surface area contributed by atoms with Gasteiger partial charge in [0.25, 0.3) is 0 Å². The lowest BCUT2D eigenvalue weighted by atomic mass is 9.26. The fraction of sp³-hybridized carbons (Fsp3) is 0.983. The predicted octanol–water partition coefficient (Wildman–Crippen LogP) is -7.09. The van der Waals surface area contributed by atoms with Crippen LogP contribution in [0.1, 0.15) is 155 Å². The first-order chi connectivity index (χ1) is 42.4. The summed E-state index contributed by atoms with van der Waals surface area (Å²) in [6.07, 6.45) is -49.4. The molecule has 0 saturated carbocycles. The lowest BCUT2D eigenvalue weighted by Gasteiger charge is -2.78. The van der Waals surface area contributed by atoms with Crippen molar-refractivity contribution in [2.24, 2.45) is 37.9 Å². The van der Waals surface area contributed by atoms with Crippen LogP contribution in [0.4, 0.5) is 0 Å². The van der Waals surface area contributed by atoms with E-state index < -0.39 is 318 Å². The summed E-state index contributed by atoms with van der Waals surface area (Å²) in [4.78, 5) is 15.5. The molecule has 0 radical (unpaired) electrons. The van der Waals surface area contributed by atoms with Gasteiger partial charge in [0.1, 0.15) is 0 Å². The number of carboxylic acid groups (broad SMARTS) is 1. The largest absolute Gasteiger partial charge is 0.481 e. The van der Waals surface area contributed by atoms with Crippen LogP contribution in [-0.2, 0) is 4.79 Å². The van der Waals surface area contributed by atoms with Gasteiger partial charge in [0.05, 0.1) is 183 Å². The highest BCUT2D eigenvalue weighted by molar-refractivity contribution is 5.76. The number of aliphatic hydroxyl groups is 28. The maximum absolute atomic E-state index is 15.5. The van der Waals surface area contributed by atoms with Crippen LogP contribution in [0.2, 0.25) is 0 Å². The van der Waals surface area contributed by atoms with E-state index >= 15 is 4.79 Å². The second kappa shape index (κ2) is 43.5. The zero-order valence-electron chi connectivity index (χ0n) is 52.6. The summed E-state index contributed by atoms with van der Waals surface area (Å²) in [6, 6.07) is 0. The maximum atomic E-state index is 15.5. The lowest BCUT2D eigenvalue weighted by molar-refractivity contribution is -0.331. The van der Waals surface area contributed by atoms with Gasteiger partial charge in [-0.1, -0.05) is 58.3 Å². The Morgan fingerprint density at radius 2 is 0.422 bits per heavy atom. The molecule has 0 saturated heterocycles. The van der Waals surface area contributed by atoms with Crippen molar-refractivity contribution in [2.45, 2.75) is 240 Å². The molecule has 0 aliphatic carbocycles. The molecule has 0 aliphatic rings. The Bertz CT molecular complexity index is 1760. The highest BCUT2D eigenvalue weighted by atomic mass is 16.4. The molecule has 0 aromatic rings. The SMILES string of the molecule is CCCCCCCCCCC(CC(O)CO)(CC(O)CO)C(CC(O)CO)(CC(O)CO)C(CC(O)CO)(CC(O)CO)C(CC(O)CO)(CC(O)CO)C(CC(O)CO)(CC(O)CO)C(CC(O)CO)(CC(O)CO)C(CC(O)CO)(CC(O)CO)C(=O)O. The minimum absolute atomic E-state index is 0.101. The van der Waals surface area contributed by atoms with Crippen LogP contribution in [0, 0.1) is 37.9 Å². The molecule has 0 aromatic carbocycles. The fourth-order valence-corrected chi connectivity index (χ4v) is 16.7. The van der Waals surface area contributed by atoms with E-state index in [1.807, 2.05) is 6.92 Å². The van der Waals surface area contributed by atoms with Gasteiger partial charge in [-0.05, 0) is 129 Å². The number of aliphatic carboxylic acids is 1. The third-order valence-electron chi connectivity index (χ3n) is 19.7. The van der Waals surface area contributed by atoms with Gasteiger partial charge in [0.2, 0.25) is 0 Å². The quantitative estimate of drug-likeness (QED) is 0.0252. The summed E-state index contributed by atoms with van der Waals surface area (Å²) >= 11 is 0. The number of carboxylic acids is 1. The molecule has 29 N–H and O–H groups in total. The Balaban J connectivity index is 12.9. The Morgan fingerprint density at radius 1 is 0.244 bits per heavy atom. The molecule has 14 atom stereocenters. The van der Waals surface area contributed by atoms with E-state index in [-0.39, 0.29) is 12.8 Å². The minimum atomic E-state index is -3.52. The number of unbranched alkanes of at least 4 members (excludes halogenated alkanes) is 7. The highest BCUT2D eigenvalue weighted by Crippen LogP contribution is 2.82. The first-order valence-corrected chi connectivity index (χ1v) is 31.7. The highest BCUT2D eigenvalue weighted by Gasteiger charge is 2.80. The number of hydrogen-bond acceptors (Lipinski definition) is 29. The second-order valence-electron chi connectivity index (χ2n) is 25.9. The van der Waals surface area contributed by atoms with Gasteiger partial charge in [0.15, 0.2) is 0 Å². The fourth-order valence-electron chi connectivity index (χ4n) is 16.7. The molecule has 0 fully saturated rings. The van der Waals surface area contributed by atoms with Crippen molar-refractivity contribution in [3.8, 4) is 0 Å². The first-order valence-electron chi connectivity index (χ1n) is 31.7. The summed E-state index contributed by atoms with van der Waals surface area (Å²) in [5.74, 6) is -2.30. The van der Waals surface area contributed by atoms with Crippen molar-refractivity contribution < 1.29 is 153 Å². The average molecular weight is 1320 g/mol. The number of carbonyl (C=O) groups is 1. The number of hydrogen-bond donors (Lipinski definition) is 29. The Morgan fingerprint density at radius 3 is 0.656 bits per heavy atom. The van der Waals surface area contributed by atoms with Crippen LogP contribution in [0.25, 0.3) is 0 Å². The van der Waals surface area contributed by atoms with Crippen molar-refractivity contribution in [1.29, 1.82) is 0 Å². The molecule has 0 heterocycles. The molecule has 0 aromatic heterocycles. The van der Waals surface area contributed by atoms with Gasteiger partial charge in [-0.15, -0.1) is 0 Å². The van der Waals surface area contributed by atoms with Crippen LogP contribution < -0.4 is 0 Å². The van der Waals surface area contributed by atoms with Crippen LogP contribution in [-0.4, -0.2) is 332 Å². The number of aliphatic hydroxyl groups excluding tert-OH is 28. The van der Waals surface area contributed by atoms with E-state index in [4.69, 9.17) is 0 Å². The summed E-state index contributed by atoms with van der Waals surface area (Å²) in [5, 5.41) is 345. The summed E-state index contributed by atoms with van der Waals surface area (Å²) in [7, 11) is 0. The normalized spacial score (nSPS) is 22.0. The van der Waals surface area contributed by atoms with E-state index in [9.17, 15) is 148 Å². The van der Waals surface area contributed by atoms with Gasteiger partial charge in [-0.3, -0.25) is 4.79 Å². The Kier molecular flexibility index (Phi) is 42.7. The molecule has 30 heteroatoms. The number of rotatable bonds is 58. The van der Waals surface area contributed by atoms with E-state index in [1.54, 1.807) is 0 Å². The van der Waals surface area contributed by atoms with Crippen molar-refractivity contribution in [3.05, 3.63) is 0 Å². The van der Waals surface area contributed by atoms with Gasteiger partial charge < -0.3 is 148 Å². The molecule has 14 unspecified atom stereocenters. The van der Waals surface area contributed by atoms with Crippen LogP contribution in [0.5, 0.6) is 0 Å². The van der Waals surface area contributed by atoms with Gasteiger partial charge in [0, 0.05) is 0 Å². The van der Waals surface area contributed by atoms with Crippen LogP contribution >= 0.6 is 0 Å². The third kappa shape index (κ3) is 22.5. The summed E-state index contributed by atoms with van der Waals surface area (Å²) in [6.45, 7) is -18.0. The first kappa shape index (κ1) is 88.3. The zero-order valence-corrected chi connectivity index (χ0v) is 52.6. The zero-order chi connectivity index (χ0) is 69.3. The molecule has 90 heavy (non-hydrogen) atoms. The van der Waals surface area contributed by atoms with E-state index in [2.05, 4.69) is 0 Å².